The number of alkyl halides is 2. The molecule has 1 aromatic carbocycles. The first-order chi connectivity index (χ1) is 8.24. The van der Waals surface area contributed by atoms with E-state index in [1.54, 1.807) is 23.5 Å². The molecule has 17 heavy (non-hydrogen) atoms. The van der Waals surface area contributed by atoms with Gasteiger partial charge >= 0.3 is 6.61 Å². The predicted molar refractivity (Wildman–Crippen MR) is 64.7 cm³/mol. The van der Waals surface area contributed by atoms with Gasteiger partial charge in [-0.05, 0) is 29.1 Å². The third-order valence-electron chi connectivity index (χ3n) is 2.17. The summed E-state index contributed by atoms with van der Waals surface area (Å²) in [5.74, 6) is 0.180. The third-order valence-corrected chi connectivity index (χ3v) is 2.85. The van der Waals surface area contributed by atoms with Crippen LogP contribution in [0.15, 0.2) is 41.1 Å². The van der Waals surface area contributed by atoms with Gasteiger partial charge in [-0.1, -0.05) is 12.1 Å². The van der Waals surface area contributed by atoms with E-state index < -0.39 is 6.61 Å². The van der Waals surface area contributed by atoms with Crippen LogP contribution in [0.1, 0.15) is 5.56 Å². The number of rotatable bonds is 5. The van der Waals surface area contributed by atoms with Crippen molar-refractivity contribution in [3.05, 3.63) is 46.7 Å². The summed E-state index contributed by atoms with van der Waals surface area (Å²) in [6, 6.07) is 8.58. The molecule has 2 nitrogen and oxygen atoms in total. The number of ether oxygens (including phenoxy) is 1. The minimum atomic E-state index is -2.77. The summed E-state index contributed by atoms with van der Waals surface area (Å²) in [7, 11) is 0. The summed E-state index contributed by atoms with van der Waals surface area (Å²) < 4.78 is 28.1. The Kier molecular flexibility index (Phi) is 3.93. The summed E-state index contributed by atoms with van der Waals surface area (Å²) in [4.78, 5) is 0. The van der Waals surface area contributed by atoms with Crippen molar-refractivity contribution in [2.24, 2.45) is 0 Å². The van der Waals surface area contributed by atoms with Gasteiger partial charge in [0.15, 0.2) is 0 Å². The van der Waals surface area contributed by atoms with E-state index in [4.69, 9.17) is 0 Å². The predicted octanol–water partition coefficient (Wildman–Crippen LogP) is 3.96. The molecule has 0 fully saturated rings. The average molecular weight is 255 g/mol. The van der Waals surface area contributed by atoms with Crippen molar-refractivity contribution in [3.8, 4) is 5.75 Å². The minimum absolute atomic E-state index is 0.180. The quantitative estimate of drug-likeness (QED) is 0.873. The zero-order valence-electron chi connectivity index (χ0n) is 8.90. The monoisotopic (exact) mass is 255 g/mol. The molecule has 1 aromatic heterocycles. The normalized spacial score (nSPS) is 10.5. The summed E-state index contributed by atoms with van der Waals surface area (Å²) >= 11 is 1.62. The number of benzene rings is 1. The van der Waals surface area contributed by atoms with E-state index in [-0.39, 0.29) is 5.75 Å². The highest BCUT2D eigenvalue weighted by Crippen LogP contribution is 2.17. The summed E-state index contributed by atoms with van der Waals surface area (Å²) in [6.45, 7) is -2.11. The van der Waals surface area contributed by atoms with Crippen LogP contribution in [0.3, 0.4) is 0 Å². The molecule has 2 aromatic rings. The van der Waals surface area contributed by atoms with Crippen LogP contribution in [0.2, 0.25) is 0 Å². The van der Waals surface area contributed by atoms with E-state index in [1.807, 2.05) is 16.8 Å². The Hall–Kier alpha value is -1.62. The fourth-order valence-electron chi connectivity index (χ4n) is 1.36. The van der Waals surface area contributed by atoms with Crippen molar-refractivity contribution in [2.45, 2.75) is 13.2 Å². The highest BCUT2D eigenvalue weighted by Gasteiger charge is 2.03. The van der Waals surface area contributed by atoms with Gasteiger partial charge in [0, 0.05) is 17.6 Å². The molecular weight excluding hydrogens is 244 g/mol. The molecule has 1 heterocycles. The molecule has 0 unspecified atom stereocenters. The van der Waals surface area contributed by atoms with Crippen LogP contribution in [-0.2, 0) is 6.54 Å². The molecule has 90 valence electrons. The van der Waals surface area contributed by atoms with E-state index in [9.17, 15) is 8.78 Å². The fourth-order valence-corrected chi connectivity index (χ4v) is 1.97. The Morgan fingerprint density at radius 1 is 1.18 bits per heavy atom. The largest absolute Gasteiger partial charge is 0.435 e. The van der Waals surface area contributed by atoms with Crippen LogP contribution in [-0.4, -0.2) is 6.61 Å². The minimum Gasteiger partial charge on any atom is -0.435 e. The molecule has 0 amide bonds. The van der Waals surface area contributed by atoms with Crippen LogP contribution in [0, 0.1) is 0 Å². The number of halogens is 2. The molecule has 0 aliphatic rings. The molecular formula is C12H11F2NOS. The standard InChI is InChI=1S/C12H11F2NOS/c13-12(14)16-11-3-1-9(2-4-11)7-15-10-5-6-17-8-10/h1-6,8,12,15H,7H2. The molecule has 0 bridgehead atoms. The molecule has 2 rings (SSSR count). The zero-order valence-corrected chi connectivity index (χ0v) is 9.71. The second kappa shape index (κ2) is 5.63. The lowest BCUT2D eigenvalue weighted by Crippen LogP contribution is -2.02. The van der Waals surface area contributed by atoms with Crippen LogP contribution >= 0.6 is 11.3 Å². The van der Waals surface area contributed by atoms with Crippen molar-refractivity contribution in [1.29, 1.82) is 0 Å². The van der Waals surface area contributed by atoms with Crippen molar-refractivity contribution in [1.82, 2.24) is 0 Å². The van der Waals surface area contributed by atoms with Gasteiger partial charge in [-0.25, -0.2) is 0 Å². The van der Waals surface area contributed by atoms with Crippen molar-refractivity contribution < 1.29 is 13.5 Å². The Balaban J connectivity index is 1.89. The Labute approximate surface area is 102 Å². The number of anilines is 1. The van der Waals surface area contributed by atoms with Gasteiger partial charge in [0.2, 0.25) is 0 Å². The van der Waals surface area contributed by atoms with E-state index in [1.165, 1.54) is 12.1 Å². The molecule has 5 heteroatoms. The number of hydrogen-bond acceptors (Lipinski definition) is 3. The maximum Gasteiger partial charge on any atom is 0.387 e. The van der Waals surface area contributed by atoms with E-state index in [2.05, 4.69) is 10.1 Å². The van der Waals surface area contributed by atoms with Gasteiger partial charge in [0.25, 0.3) is 0 Å². The summed E-state index contributed by atoms with van der Waals surface area (Å²) in [5, 5.41) is 7.22. The molecule has 0 aliphatic heterocycles. The molecule has 0 atom stereocenters. The Morgan fingerprint density at radius 3 is 2.53 bits per heavy atom. The lowest BCUT2D eigenvalue weighted by Gasteiger charge is -2.06. The SMILES string of the molecule is FC(F)Oc1ccc(CNc2ccsc2)cc1. The van der Waals surface area contributed by atoms with Gasteiger partial charge in [0.1, 0.15) is 5.75 Å². The molecule has 0 saturated carbocycles. The second-order valence-corrected chi connectivity index (χ2v) is 4.17. The van der Waals surface area contributed by atoms with E-state index >= 15 is 0 Å². The molecule has 0 saturated heterocycles. The molecule has 1 N–H and O–H groups in total. The van der Waals surface area contributed by atoms with Crippen molar-refractivity contribution in [2.75, 3.05) is 5.32 Å². The van der Waals surface area contributed by atoms with Gasteiger partial charge in [-0.3, -0.25) is 0 Å². The lowest BCUT2D eigenvalue weighted by molar-refractivity contribution is -0.0498. The molecule has 0 radical (unpaired) electrons. The third kappa shape index (κ3) is 3.71. The Bertz CT molecular complexity index is 442. The van der Waals surface area contributed by atoms with Crippen molar-refractivity contribution >= 4 is 17.0 Å². The lowest BCUT2D eigenvalue weighted by atomic mass is 10.2. The first-order valence-corrected chi connectivity index (χ1v) is 5.98. The van der Waals surface area contributed by atoms with Gasteiger partial charge < -0.3 is 10.1 Å². The second-order valence-electron chi connectivity index (χ2n) is 3.39. The summed E-state index contributed by atoms with van der Waals surface area (Å²) in [5.41, 5.74) is 2.07. The topological polar surface area (TPSA) is 21.3 Å². The zero-order chi connectivity index (χ0) is 12.1. The van der Waals surface area contributed by atoms with Crippen LogP contribution < -0.4 is 10.1 Å². The highest BCUT2D eigenvalue weighted by molar-refractivity contribution is 7.08. The molecule has 0 aliphatic carbocycles. The highest BCUT2D eigenvalue weighted by atomic mass is 32.1. The summed E-state index contributed by atoms with van der Waals surface area (Å²) in [6.07, 6.45) is 0. The maximum absolute atomic E-state index is 11.9. The van der Waals surface area contributed by atoms with E-state index in [0.29, 0.717) is 6.54 Å². The van der Waals surface area contributed by atoms with Gasteiger partial charge in [-0.2, -0.15) is 20.1 Å². The number of nitrogens with one attached hydrogen (secondary N) is 1. The maximum atomic E-state index is 11.9. The van der Waals surface area contributed by atoms with Gasteiger partial charge in [-0.15, -0.1) is 0 Å². The Morgan fingerprint density at radius 2 is 1.94 bits per heavy atom. The first kappa shape index (κ1) is 11.9. The fraction of sp³-hybridized carbons (Fsp3) is 0.167. The van der Waals surface area contributed by atoms with Crippen LogP contribution in [0.5, 0.6) is 5.75 Å². The van der Waals surface area contributed by atoms with Crippen molar-refractivity contribution in [3.63, 3.8) is 0 Å². The van der Waals surface area contributed by atoms with E-state index in [0.717, 1.165) is 11.3 Å². The first-order valence-electron chi connectivity index (χ1n) is 5.04. The van der Waals surface area contributed by atoms with Gasteiger partial charge in [0.05, 0.1) is 0 Å². The number of hydrogen-bond donors (Lipinski definition) is 1. The number of thiophene rings is 1. The van der Waals surface area contributed by atoms with Crippen LogP contribution in [0.25, 0.3) is 0 Å². The van der Waals surface area contributed by atoms with Crippen LogP contribution in [0.4, 0.5) is 14.5 Å². The smallest absolute Gasteiger partial charge is 0.387 e. The molecule has 0 spiro atoms. The average Bonchev–Trinajstić information content (AvgIpc) is 2.80.